The van der Waals surface area contributed by atoms with Crippen LogP contribution in [0.4, 0.5) is 4.39 Å². The third kappa shape index (κ3) is 2.25. The standard InChI is InChI=1S/C11H10FN3O2/c1-17-9-3-2-6(4-7(9)12)5-8-10(16)15-11(13)14-8/h2-5H,1H3,(H3,13,14,15,16)/b8-5+. The number of nitrogens with zero attached hydrogens (tertiary/aromatic N) is 1. The predicted octanol–water partition coefficient (Wildman–Crippen LogP) is 0.620. The number of hydrogen-bond acceptors (Lipinski definition) is 4. The number of methoxy groups -OCH3 is 1. The molecule has 1 aromatic rings. The van der Waals surface area contributed by atoms with Crippen LogP contribution in [-0.4, -0.2) is 19.0 Å². The topological polar surface area (TPSA) is 76.7 Å². The highest BCUT2D eigenvalue weighted by molar-refractivity contribution is 6.13. The van der Waals surface area contributed by atoms with Crippen LogP contribution >= 0.6 is 0 Å². The number of hydrogen-bond donors (Lipinski definition) is 2. The summed E-state index contributed by atoms with van der Waals surface area (Å²) in [5, 5.41) is 2.33. The summed E-state index contributed by atoms with van der Waals surface area (Å²) in [6, 6.07) is 4.34. The molecular formula is C11H10FN3O2. The lowest BCUT2D eigenvalue weighted by Crippen LogP contribution is -2.30. The summed E-state index contributed by atoms with van der Waals surface area (Å²) >= 11 is 0. The molecule has 0 unspecified atom stereocenters. The Morgan fingerprint density at radius 2 is 2.29 bits per heavy atom. The van der Waals surface area contributed by atoms with Gasteiger partial charge < -0.3 is 10.5 Å². The number of rotatable bonds is 2. The fraction of sp³-hybridized carbons (Fsp3) is 0.0909. The molecule has 6 heteroatoms. The number of carbonyl (C=O) groups excluding carboxylic acids is 1. The molecule has 2 rings (SSSR count). The lowest BCUT2D eigenvalue weighted by Gasteiger charge is -2.02. The second-order valence-corrected chi connectivity index (χ2v) is 3.37. The normalized spacial score (nSPS) is 16.9. The van der Waals surface area contributed by atoms with Gasteiger partial charge in [-0.1, -0.05) is 6.07 Å². The quantitative estimate of drug-likeness (QED) is 0.738. The van der Waals surface area contributed by atoms with Gasteiger partial charge >= 0.3 is 0 Å². The average molecular weight is 235 g/mol. The highest BCUT2D eigenvalue weighted by Gasteiger charge is 2.17. The second kappa shape index (κ2) is 4.25. The van der Waals surface area contributed by atoms with Crippen LogP contribution < -0.4 is 15.8 Å². The summed E-state index contributed by atoms with van der Waals surface area (Å²) in [5.41, 5.74) is 5.98. The highest BCUT2D eigenvalue weighted by Crippen LogP contribution is 2.20. The van der Waals surface area contributed by atoms with E-state index >= 15 is 0 Å². The maximum absolute atomic E-state index is 13.4. The predicted molar refractivity (Wildman–Crippen MR) is 60.7 cm³/mol. The van der Waals surface area contributed by atoms with Gasteiger partial charge in [0.1, 0.15) is 5.70 Å². The zero-order valence-electron chi connectivity index (χ0n) is 9.03. The molecule has 0 saturated carbocycles. The van der Waals surface area contributed by atoms with Gasteiger partial charge in [0, 0.05) is 0 Å². The molecule has 1 amide bonds. The average Bonchev–Trinajstić information content (AvgIpc) is 2.58. The molecule has 5 nitrogen and oxygen atoms in total. The fourth-order valence-electron chi connectivity index (χ4n) is 1.42. The minimum absolute atomic E-state index is 0.0373. The zero-order valence-corrected chi connectivity index (χ0v) is 9.03. The van der Waals surface area contributed by atoms with E-state index in [-0.39, 0.29) is 17.4 Å². The van der Waals surface area contributed by atoms with Crippen molar-refractivity contribution < 1.29 is 13.9 Å². The Morgan fingerprint density at radius 3 is 2.82 bits per heavy atom. The van der Waals surface area contributed by atoms with E-state index in [9.17, 15) is 9.18 Å². The molecule has 0 bridgehead atoms. The number of carbonyl (C=O) groups is 1. The summed E-state index contributed by atoms with van der Waals surface area (Å²) in [6.07, 6.45) is 1.44. The molecule has 3 N–H and O–H groups in total. The number of guanidine groups is 1. The number of nitrogens with two attached hydrogens (primary N) is 1. The van der Waals surface area contributed by atoms with Crippen molar-refractivity contribution in [2.45, 2.75) is 0 Å². The van der Waals surface area contributed by atoms with E-state index < -0.39 is 11.7 Å². The van der Waals surface area contributed by atoms with Crippen molar-refractivity contribution in [1.82, 2.24) is 5.32 Å². The van der Waals surface area contributed by atoms with Crippen LogP contribution in [0.3, 0.4) is 0 Å². The minimum atomic E-state index is -0.503. The van der Waals surface area contributed by atoms with Crippen LogP contribution in [0.5, 0.6) is 5.75 Å². The Labute approximate surface area is 96.8 Å². The van der Waals surface area contributed by atoms with Gasteiger partial charge in [0.2, 0.25) is 5.96 Å². The molecular weight excluding hydrogens is 225 g/mol. The van der Waals surface area contributed by atoms with E-state index in [0.29, 0.717) is 5.56 Å². The smallest absolute Gasteiger partial charge is 0.276 e. The highest BCUT2D eigenvalue weighted by atomic mass is 19.1. The third-order valence-corrected chi connectivity index (χ3v) is 2.19. The maximum Gasteiger partial charge on any atom is 0.276 e. The Bertz CT molecular complexity index is 538. The summed E-state index contributed by atoms with van der Waals surface area (Å²) < 4.78 is 18.2. The van der Waals surface area contributed by atoms with Crippen molar-refractivity contribution in [2.75, 3.05) is 7.11 Å². The molecule has 0 radical (unpaired) electrons. The molecule has 1 aliphatic heterocycles. The van der Waals surface area contributed by atoms with Gasteiger partial charge in [-0.15, -0.1) is 0 Å². The van der Waals surface area contributed by atoms with Gasteiger partial charge in [-0.05, 0) is 23.8 Å². The first-order valence-electron chi connectivity index (χ1n) is 4.81. The fourth-order valence-corrected chi connectivity index (χ4v) is 1.42. The molecule has 0 saturated heterocycles. The first-order chi connectivity index (χ1) is 8.10. The molecule has 1 aliphatic rings. The lowest BCUT2D eigenvalue weighted by molar-refractivity contribution is -0.115. The van der Waals surface area contributed by atoms with Crippen molar-refractivity contribution >= 4 is 17.9 Å². The molecule has 17 heavy (non-hydrogen) atoms. The van der Waals surface area contributed by atoms with Crippen LogP contribution in [0.2, 0.25) is 0 Å². The van der Waals surface area contributed by atoms with E-state index in [4.69, 9.17) is 10.5 Å². The Hall–Kier alpha value is -2.37. The number of amides is 1. The largest absolute Gasteiger partial charge is 0.494 e. The van der Waals surface area contributed by atoms with Crippen molar-refractivity contribution in [3.63, 3.8) is 0 Å². The molecule has 0 aromatic heterocycles. The number of nitrogens with one attached hydrogen (secondary N) is 1. The SMILES string of the molecule is COc1ccc(/C=C2/N=C(N)NC2=O)cc1F. The molecule has 0 aliphatic carbocycles. The first-order valence-corrected chi connectivity index (χ1v) is 4.81. The Morgan fingerprint density at radius 1 is 1.53 bits per heavy atom. The summed E-state index contributed by atoms with van der Waals surface area (Å²) in [6.45, 7) is 0. The van der Waals surface area contributed by atoms with Gasteiger partial charge in [0.05, 0.1) is 7.11 Å². The summed E-state index contributed by atoms with van der Waals surface area (Å²) in [4.78, 5) is 15.1. The number of benzene rings is 1. The van der Waals surface area contributed by atoms with Crippen molar-refractivity contribution in [3.8, 4) is 5.75 Å². The maximum atomic E-state index is 13.4. The molecule has 0 atom stereocenters. The van der Waals surface area contributed by atoms with Gasteiger partial charge in [-0.25, -0.2) is 9.38 Å². The molecule has 0 fully saturated rings. The van der Waals surface area contributed by atoms with Crippen LogP contribution in [0.25, 0.3) is 6.08 Å². The van der Waals surface area contributed by atoms with Crippen molar-refractivity contribution in [2.24, 2.45) is 10.7 Å². The van der Waals surface area contributed by atoms with Gasteiger partial charge in [0.25, 0.3) is 5.91 Å². The first kappa shape index (κ1) is 11.1. The van der Waals surface area contributed by atoms with E-state index in [0.717, 1.165) is 0 Å². The number of halogens is 1. The molecule has 1 aromatic carbocycles. The van der Waals surface area contributed by atoms with Gasteiger partial charge in [-0.2, -0.15) is 0 Å². The molecule has 1 heterocycles. The summed E-state index contributed by atoms with van der Waals surface area (Å²) in [5.74, 6) is -0.725. The van der Waals surface area contributed by atoms with E-state index in [1.807, 2.05) is 0 Å². The van der Waals surface area contributed by atoms with Crippen LogP contribution in [-0.2, 0) is 4.79 Å². The summed E-state index contributed by atoms with van der Waals surface area (Å²) in [7, 11) is 1.38. The Kier molecular flexibility index (Phi) is 2.78. The van der Waals surface area contributed by atoms with Crippen molar-refractivity contribution in [1.29, 1.82) is 0 Å². The zero-order chi connectivity index (χ0) is 12.4. The van der Waals surface area contributed by atoms with E-state index in [1.165, 1.54) is 25.3 Å². The Balaban J connectivity index is 2.33. The molecule has 0 spiro atoms. The second-order valence-electron chi connectivity index (χ2n) is 3.37. The van der Waals surface area contributed by atoms with Crippen molar-refractivity contribution in [3.05, 3.63) is 35.3 Å². The monoisotopic (exact) mass is 235 g/mol. The lowest BCUT2D eigenvalue weighted by atomic mass is 10.2. The van der Waals surface area contributed by atoms with E-state index in [2.05, 4.69) is 10.3 Å². The van der Waals surface area contributed by atoms with Crippen LogP contribution in [0, 0.1) is 5.82 Å². The number of ether oxygens (including phenoxy) is 1. The van der Waals surface area contributed by atoms with Gasteiger partial charge in [-0.3, -0.25) is 10.1 Å². The minimum Gasteiger partial charge on any atom is -0.494 e. The number of aliphatic imine (C=N–C) groups is 1. The molecule has 88 valence electrons. The van der Waals surface area contributed by atoms with Crippen LogP contribution in [0.15, 0.2) is 28.9 Å². The van der Waals surface area contributed by atoms with Crippen LogP contribution in [0.1, 0.15) is 5.56 Å². The van der Waals surface area contributed by atoms with Gasteiger partial charge in [0.15, 0.2) is 11.6 Å². The third-order valence-electron chi connectivity index (χ3n) is 2.19. The van der Waals surface area contributed by atoms with E-state index in [1.54, 1.807) is 6.07 Å².